The predicted molar refractivity (Wildman–Crippen MR) is 139 cm³/mol. The number of carbonyl (C=O) groups excluding carboxylic acids is 2. The standard InChI is InChI=1S/C29H34N2O6/c32-26(22-5-1-3-7-24(22)28(34)35)30-20-13-9-18(10-14-20)17-19-11-15-21(16-12-19)31-27(33)23-6-2-4-8-25(23)29(36)37/h9-16,22-25H,1-8,17H2,(H,30,32)(H,31,33)(H,34,35)(H,36,37). The molecule has 0 aromatic heterocycles. The van der Waals surface area contributed by atoms with Crippen molar-refractivity contribution in [2.75, 3.05) is 10.6 Å². The summed E-state index contributed by atoms with van der Waals surface area (Å²) < 4.78 is 0. The van der Waals surface area contributed by atoms with Crippen LogP contribution in [0.15, 0.2) is 48.5 Å². The molecule has 2 saturated carbocycles. The van der Waals surface area contributed by atoms with Crippen LogP contribution >= 0.6 is 0 Å². The van der Waals surface area contributed by atoms with Gasteiger partial charge in [-0.2, -0.15) is 0 Å². The maximum Gasteiger partial charge on any atom is 0.307 e. The lowest BCUT2D eigenvalue weighted by molar-refractivity contribution is -0.148. The molecule has 2 aliphatic carbocycles. The number of carboxylic acids is 2. The van der Waals surface area contributed by atoms with Crippen LogP contribution in [0.5, 0.6) is 0 Å². The second-order valence-corrected chi connectivity index (χ2v) is 10.2. The van der Waals surface area contributed by atoms with Crippen LogP contribution in [0.2, 0.25) is 0 Å². The summed E-state index contributed by atoms with van der Waals surface area (Å²) >= 11 is 0. The number of carbonyl (C=O) groups is 4. The summed E-state index contributed by atoms with van der Waals surface area (Å²) in [5.41, 5.74) is 3.37. The zero-order valence-corrected chi connectivity index (χ0v) is 20.8. The fourth-order valence-corrected chi connectivity index (χ4v) is 5.60. The van der Waals surface area contributed by atoms with E-state index in [1.54, 1.807) is 0 Å². The van der Waals surface area contributed by atoms with Gasteiger partial charge in [-0.1, -0.05) is 49.9 Å². The van der Waals surface area contributed by atoms with Crippen molar-refractivity contribution in [1.82, 2.24) is 0 Å². The molecular weight excluding hydrogens is 472 g/mol. The Bertz CT molecular complexity index is 1040. The summed E-state index contributed by atoms with van der Waals surface area (Å²) in [6.45, 7) is 0. The quantitative estimate of drug-likeness (QED) is 0.401. The number of amides is 2. The molecule has 2 aromatic rings. The van der Waals surface area contributed by atoms with Crippen molar-refractivity contribution in [2.24, 2.45) is 23.7 Å². The summed E-state index contributed by atoms with van der Waals surface area (Å²) in [6.07, 6.45) is 6.35. The molecule has 2 fully saturated rings. The summed E-state index contributed by atoms with van der Waals surface area (Å²) in [6, 6.07) is 15.0. The number of aliphatic carboxylic acids is 2. The molecule has 0 spiro atoms. The lowest BCUT2D eigenvalue weighted by atomic mass is 9.78. The summed E-state index contributed by atoms with van der Waals surface area (Å²) in [4.78, 5) is 48.4. The number of anilines is 2. The first-order valence-electron chi connectivity index (χ1n) is 13.1. The summed E-state index contributed by atoms with van der Waals surface area (Å²) in [5.74, 6) is -4.53. The Morgan fingerprint density at radius 2 is 0.892 bits per heavy atom. The molecule has 2 aromatic carbocycles. The monoisotopic (exact) mass is 506 g/mol. The van der Waals surface area contributed by atoms with Crippen LogP contribution in [0.25, 0.3) is 0 Å². The van der Waals surface area contributed by atoms with Crippen molar-refractivity contribution in [3.8, 4) is 0 Å². The van der Waals surface area contributed by atoms with Crippen LogP contribution in [-0.2, 0) is 25.6 Å². The molecule has 4 unspecified atom stereocenters. The minimum absolute atomic E-state index is 0.236. The van der Waals surface area contributed by atoms with E-state index in [0.717, 1.165) is 36.8 Å². The normalized spacial score (nSPS) is 23.6. The van der Waals surface area contributed by atoms with Crippen LogP contribution in [0.3, 0.4) is 0 Å². The fraction of sp³-hybridized carbons (Fsp3) is 0.448. The lowest BCUT2D eigenvalue weighted by Gasteiger charge is -2.27. The molecule has 37 heavy (non-hydrogen) atoms. The predicted octanol–water partition coefficient (Wildman–Crippen LogP) is 4.94. The molecule has 0 radical (unpaired) electrons. The molecule has 0 bridgehead atoms. The first kappa shape index (κ1) is 26.4. The Hall–Kier alpha value is -3.68. The molecule has 0 heterocycles. The minimum Gasteiger partial charge on any atom is -0.481 e. The molecule has 0 aliphatic heterocycles. The van der Waals surface area contributed by atoms with E-state index >= 15 is 0 Å². The van der Waals surface area contributed by atoms with Gasteiger partial charge in [-0.15, -0.1) is 0 Å². The van der Waals surface area contributed by atoms with Crippen molar-refractivity contribution in [3.05, 3.63) is 59.7 Å². The van der Waals surface area contributed by atoms with Crippen molar-refractivity contribution in [2.45, 2.75) is 57.8 Å². The third-order valence-corrected chi connectivity index (χ3v) is 7.69. The molecule has 4 rings (SSSR count). The smallest absolute Gasteiger partial charge is 0.307 e. The van der Waals surface area contributed by atoms with Gasteiger partial charge in [-0.05, 0) is 67.5 Å². The lowest BCUT2D eigenvalue weighted by Crippen LogP contribution is -2.36. The van der Waals surface area contributed by atoms with Crippen LogP contribution in [0.1, 0.15) is 62.5 Å². The van der Waals surface area contributed by atoms with Gasteiger partial charge in [0.15, 0.2) is 0 Å². The number of hydrogen-bond acceptors (Lipinski definition) is 4. The molecule has 4 N–H and O–H groups in total. The second kappa shape index (κ2) is 12.0. The van der Waals surface area contributed by atoms with Crippen molar-refractivity contribution >= 4 is 35.1 Å². The Kier molecular flexibility index (Phi) is 8.58. The van der Waals surface area contributed by atoms with Gasteiger partial charge >= 0.3 is 11.9 Å². The zero-order chi connectivity index (χ0) is 26.4. The summed E-state index contributed by atoms with van der Waals surface area (Å²) in [5, 5.41) is 24.6. The zero-order valence-electron chi connectivity index (χ0n) is 20.8. The Morgan fingerprint density at radius 1 is 0.568 bits per heavy atom. The van der Waals surface area contributed by atoms with E-state index in [1.165, 1.54) is 0 Å². The molecule has 8 heteroatoms. The van der Waals surface area contributed by atoms with Crippen molar-refractivity contribution in [1.29, 1.82) is 0 Å². The van der Waals surface area contributed by atoms with E-state index < -0.39 is 35.6 Å². The van der Waals surface area contributed by atoms with E-state index in [-0.39, 0.29) is 11.8 Å². The van der Waals surface area contributed by atoms with E-state index in [0.29, 0.717) is 43.5 Å². The average Bonchev–Trinajstić information content (AvgIpc) is 2.90. The fourth-order valence-electron chi connectivity index (χ4n) is 5.60. The molecule has 8 nitrogen and oxygen atoms in total. The van der Waals surface area contributed by atoms with Gasteiger partial charge in [-0.3, -0.25) is 19.2 Å². The number of carboxylic acid groups (broad SMARTS) is 2. The highest BCUT2D eigenvalue weighted by atomic mass is 16.4. The molecule has 0 saturated heterocycles. The van der Waals surface area contributed by atoms with Gasteiger partial charge in [0.1, 0.15) is 0 Å². The molecular formula is C29H34N2O6. The average molecular weight is 507 g/mol. The SMILES string of the molecule is O=C(O)C1CCCCC1C(=O)Nc1ccc(Cc2ccc(NC(=O)C3CCCCC3C(=O)O)cc2)cc1. The molecule has 196 valence electrons. The van der Waals surface area contributed by atoms with Gasteiger partial charge in [0.05, 0.1) is 23.7 Å². The Morgan fingerprint density at radius 3 is 1.22 bits per heavy atom. The van der Waals surface area contributed by atoms with Gasteiger partial charge in [-0.25, -0.2) is 0 Å². The summed E-state index contributed by atoms with van der Waals surface area (Å²) in [7, 11) is 0. The number of benzene rings is 2. The van der Waals surface area contributed by atoms with E-state index in [9.17, 15) is 29.4 Å². The van der Waals surface area contributed by atoms with Crippen LogP contribution in [0, 0.1) is 23.7 Å². The third-order valence-electron chi connectivity index (χ3n) is 7.69. The first-order valence-corrected chi connectivity index (χ1v) is 13.1. The van der Waals surface area contributed by atoms with E-state index in [4.69, 9.17) is 0 Å². The van der Waals surface area contributed by atoms with Crippen molar-refractivity contribution in [3.63, 3.8) is 0 Å². The first-order chi connectivity index (χ1) is 17.8. The highest BCUT2D eigenvalue weighted by Gasteiger charge is 2.36. The molecule has 2 aliphatic rings. The van der Waals surface area contributed by atoms with Gasteiger partial charge in [0.25, 0.3) is 0 Å². The van der Waals surface area contributed by atoms with Gasteiger partial charge in [0, 0.05) is 11.4 Å². The number of rotatable bonds is 8. The maximum absolute atomic E-state index is 12.7. The minimum atomic E-state index is -0.903. The highest BCUT2D eigenvalue weighted by molar-refractivity contribution is 5.96. The molecule has 2 amide bonds. The highest BCUT2D eigenvalue weighted by Crippen LogP contribution is 2.32. The number of hydrogen-bond donors (Lipinski definition) is 4. The van der Waals surface area contributed by atoms with Crippen LogP contribution in [-0.4, -0.2) is 34.0 Å². The maximum atomic E-state index is 12.7. The Labute approximate surface area is 216 Å². The van der Waals surface area contributed by atoms with Gasteiger partial charge < -0.3 is 20.8 Å². The van der Waals surface area contributed by atoms with E-state index in [2.05, 4.69) is 10.6 Å². The number of nitrogens with one attached hydrogen (secondary N) is 2. The van der Waals surface area contributed by atoms with Gasteiger partial charge in [0.2, 0.25) is 11.8 Å². The molecule has 4 atom stereocenters. The second-order valence-electron chi connectivity index (χ2n) is 10.2. The van der Waals surface area contributed by atoms with Crippen LogP contribution in [0.4, 0.5) is 11.4 Å². The van der Waals surface area contributed by atoms with E-state index in [1.807, 2.05) is 48.5 Å². The third kappa shape index (κ3) is 6.76. The van der Waals surface area contributed by atoms with Crippen LogP contribution < -0.4 is 10.6 Å². The topological polar surface area (TPSA) is 133 Å². The Balaban J connectivity index is 1.31. The largest absolute Gasteiger partial charge is 0.481 e. The van der Waals surface area contributed by atoms with Crippen molar-refractivity contribution < 1.29 is 29.4 Å².